The monoisotopic (exact) mass is 245 g/mol. The third-order valence-electron chi connectivity index (χ3n) is 2.73. The second-order valence-corrected chi connectivity index (χ2v) is 4.13. The lowest BCUT2D eigenvalue weighted by Crippen LogP contribution is -2.24. The Hall–Kier alpha value is -2.30. The van der Waals surface area contributed by atoms with E-state index in [-0.39, 0.29) is 5.91 Å². The summed E-state index contributed by atoms with van der Waals surface area (Å²) in [7, 11) is 0. The molecular formula is C13H15N3O2. The van der Waals surface area contributed by atoms with Gasteiger partial charge in [0.25, 0.3) is 5.91 Å². The van der Waals surface area contributed by atoms with E-state index in [0.29, 0.717) is 23.5 Å². The minimum Gasteiger partial charge on any atom is -0.398 e. The average molecular weight is 245 g/mol. The van der Waals surface area contributed by atoms with Gasteiger partial charge in [-0.05, 0) is 31.5 Å². The van der Waals surface area contributed by atoms with Gasteiger partial charge < -0.3 is 15.6 Å². The molecule has 1 aromatic heterocycles. The lowest BCUT2D eigenvalue weighted by atomic mass is 10.1. The highest BCUT2D eigenvalue weighted by Gasteiger charge is 2.10. The Kier molecular flexibility index (Phi) is 3.32. The number of nitrogens with zero attached hydrogens (tertiary/aromatic N) is 1. The van der Waals surface area contributed by atoms with Crippen molar-refractivity contribution < 1.29 is 9.32 Å². The van der Waals surface area contributed by atoms with E-state index in [1.807, 2.05) is 6.92 Å². The molecule has 0 radical (unpaired) electrons. The molecule has 1 heterocycles. The zero-order valence-corrected chi connectivity index (χ0v) is 10.4. The summed E-state index contributed by atoms with van der Waals surface area (Å²) in [6, 6.07) is 7.06. The quantitative estimate of drug-likeness (QED) is 0.808. The first-order chi connectivity index (χ1) is 8.58. The van der Waals surface area contributed by atoms with Crippen LogP contribution in [0.2, 0.25) is 0 Å². The van der Waals surface area contributed by atoms with E-state index in [1.54, 1.807) is 31.2 Å². The predicted molar refractivity (Wildman–Crippen MR) is 68.0 cm³/mol. The van der Waals surface area contributed by atoms with Crippen LogP contribution in [0.25, 0.3) is 0 Å². The fourth-order valence-corrected chi connectivity index (χ4v) is 1.67. The molecule has 1 amide bonds. The molecule has 0 saturated carbocycles. The van der Waals surface area contributed by atoms with Crippen molar-refractivity contribution in [2.45, 2.75) is 20.4 Å². The largest absolute Gasteiger partial charge is 0.398 e. The van der Waals surface area contributed by atoms with E-state index in [9.17, 15) is 4.79 Å². The summed E-state index contributed by atoms with van der Waals surface area (Å²) >= 11 is 0. The van der Waals surface area contributed by atoms with Gasteiger partial charge in [0.1, 0.15) is 11.5 Å². The summed E-state index contributed by atoms with van der Waals surface area (Å²) < 4.78 is 4.92. The maximum absolute atomic E-state index is 12.0. The highest BCUT2D eigenvalue weighted by molar-refractivity contribution is 5.96. The highest BCUT2D eigenvalue weighted by Crippen LogP contribution is 2.15. The van der Waals surface area contributed by atoms with Crippen LogP contribution in [0.1, 0.15) is 27.4 Å². The van der Waals surface area contributed by atoms with Crippen LogP contribution >= 0.6 is 0 Å². The molecule has 18 heavy (non-hydrogen) atoms. The Bertz CT molecular complexity index is 575. The van der Waals surface area contributed by atoms with Crippen LogP contribution in [0.3, 0.4) is 0 Å². The SMILES string of the molecule is Cc1cc(CNC(=O)c2cccc(N)c2C)no1. The summed E-state index contributed by atoms with van der Waals surface area (Å²) in [4.78, 5) is 12.0. The molecule has 0 unspecified atom stereocenters. The summed E-state index contributed by atoms with van der Waals surface area (Å²) in [6.45, 7) is 3.97. The van der Waals surface area contributed by atoms with E-state index in [0.717, 1.165) is 11.3 Å². The molecule has 1 aromatic carbocycles. The Morgan fingerprint density at radius 1 is 1.44 bits per heavy atom. The molecule has 0 aliphatic carbocycles. The molecule has 2 rings (SSSR count). The number of benzene rings is 1. The zero-order chi connectivity index (χ0) is 13.1. The van der Waals surface area contributed by atoms with Crippen molar-refractivity contribution >= 4 is 11.6 Å². The molecule has 94 valence electrons. The fraction of sp³-hybridized carbons (Fsp3) is 0.231. The molecule has 2 aromatic rings. The summed E-state index contributed by atoms with van der Waals surface area (Å²) in [6.07, 6.45) is 0. The van der Waals surface area contributed by atoms with E-state index in [1.165, 1.54) is 0 Å². The smallest absolute Gasteiger partial charge is 0.251 e. The van der Waals surface area contributed by atoms with Crippen LogP contribution in [-0.2, 0) is 6.54 Å². The van der Waals surface area contributed by atoms with Crippen LogP contribution in [0, 0.1) is 13.8 Å². The normalized spacial score (nSPS) is 10.3. The maximum atomic E-state index is 12.0. The van der Waals surface area contributed by atoms with Crippen LogP contribution < -0.4 is 11.1 Å². The van der Waals surface area contributed by atoms with Crippen molar-refractivity contribution in [3.8, 4) is 0 Å². The van der Waals surface area contributed by atoms with Crippen molar-refractivity contribution in [1.29, 1.82) is 0 Å². The van der Waals surface area contributed by atoms with Crippen LogP contribution in [-0.4, -0.2) is 11.1 Å². The van der Waals surface area contributed by atoms with Crippen LogP contribution in [0.5, 0.6) is 0 Å². The van der Waals surface area contributed by atoms with Gasteiger partial charge in [0.05, 0.1) is 6.54 Å². The number of anilines is 1. The highest BCUT2D eigenvalue weighted by atomic mass is 16.5. The second kappa shape index (κ2) is 4.91. The van der Waals surface area contributed by atoms with Gasteiger partial charge in [-0.2, -0.15) is 0 Å². The molecule has 0 fully saturated rings. The third kappa shape index (κ3) is 2.51. The number of hydrogen-bond acceptors (Lipinski definition) is 4. The van der Waals surface area contributed by atoms with Gasteiger partial charge in [-0.15, -0.1) is 0 Å². The molecular weight excluding hydrogens is 230 g/mol. The first-order valence-electron chi connectivity index (χ1n) is 5.63. The molecule has 0 spiro atoms. The lowest BCUT2D eigenvalue weighted by Gasteiger charge is -2.08. The van der Waals surface area contributed by atoms with Gasteiger partial charge in [0, 0.05) is 17.3 Å². The lowest BCUT2D eigenvalue weighted by molar-refractivity contribution is 0.0949. The summed E-state index contributed by atoms with van der Waals surface area (Å²) in [5.41, 5.74) is 8.43. The van der Waals surface area contributed by atoms with Gasteiger partial charge >= 0.3 is 0 Å². The standard InChI is InChI=1S/C13H15N3O2/c1-8-6-10(16-18-8)7-15-13(17)11-4-3-5-12(14)9(11)2/h3-6H,7,14H2,1-2H3,(H,15,17). The Balaban J connectivity index is 2.06. The van der Waals surface area contributed by atoms with Crippen molar-refractivity contribution in [2.24, 2.45) is 0 Å². The summed E-state index contributed by atoms with van der Waals surface area (Å²) in [5, 5.41) is 6.59. The van der Waals surface area contributed by atoms with E-state index in [4.69, 9.17) is 10.3 Å². The summed E-state index contributed by atoms with van der Waals surface area (Å²) in [5.74, 6) is 0.555. The number of nitrogens with two attached hydrogens (primary N) is 1. The Morgan fingerprint density at radius 2 is 2.22 bits per heavy atom. The first kappa shape index (κ1) is 12.2. The van der Waals surface area contributed by atoms with Gasteiger partial charge in [-0.25, -0.2) is 0 Å². The van der Waals surface area contributed by atoms with Gasteiger partial charge in [0.15, 0.2) is 0 Å². The van der Waals surface area contributed by atoms with Crippen LogP contribution in [0.15, 0.2) is 28.8 Å². The van der Waals surface area contributed by atoms with Crippen molar-refractivity contribution in [3.05, 3.63) is 46.8 Å². The second-order valence-electron chi connectivity index (χ2n) is 4.13. The molecule has 0 aliphatic rings. The number of nitrogen functional groups attached to an aromatic ring is 1. The van der Waals surface area contributed by atoms with Gasteiger partial charge in [-0.1, -0.05) is 11.2 Å². The minimum atomic E-state index is -0.166. The number of carbonyl (C=O) groups excluding carboxylic acids is 1. The zero-order valence-electron chi connectivity index (χ0n) is 10.4. The van der Waals surface area contributed by atoms with Gasteiger partial charge in [0.2, 0.25) is 0 Å². The predicted octanol–water partition coefficient (Wildman–Crippen LogP) is 1.80. The number of nitrogens with one attached hydrogen (secondary N) is 1. The van der Waals surface area contributed by atoms with Crippen molar-refractivity contribution in [1.82, 2.24) is 10.5 Å². The van der Waals surface area contributed by atoms with Crippen molar-refractivity contribution in [3.63, 3.8) is 0 Å². The maximum Gasteiger partial charge on any atom is 0.251 e. The number of carbonyl (C=O) groups is 1. The van der Waals surface area contributed by atoms with E-state index < -0.39 is 0 Å². The Morgan fingerprint density at radius 3 is 2.89 bits per heavy atom. The number of hydrogen-bond donors (Lipinski definition) is 2. The molecule has 5 nitrogen and oxygen atoms in total. The van der Waals surface area contributed by atoms with Gasteiger partial charge in [-0.3, -0.25) is 4.79 Å². The number of aromatic nitrogens is 1. The molecule has 0 saturated heterocycles. The molecule has 0 atom stereocenters. The van der Waals surface area contributed by atoms with E-state index in [2.05, 4.69) is 10.5 Å². The minimum absolute atomic E-state index is 0.166. The first-order valence-corrected chi connectivity index (χ1v) is 5.63. The van der Waals surface area contributed by atoms with Crippen LogP contribution in [0.4, 0.5) is 5.69 Å². The average Bonchev–Trinajstić information content (AvgIpc) is 2.76. The molecule has 5 heteroatoms. The van der Waals surface area contributed by atoms with E-state index >= 15 is 0 Å². The topological polar surface area (TPSA) is 81.2 Å². The fourth-order valence-electron chi connectivity index (χ4n) is 1.67. The number of amides is 1. The molecule has 0 aliphatic heterocycles. The Labute approximate surface area is 105 Å². The third-order valence-corrected chi connectivity index (χ3v) is 2.73. The number of rotatable bonds is 3. The molecule has 0 bridgehead atoms. The molecule has 3 N–H and O–H groups in total. The number of aryl methyl sites for hydroxylation is 1. The van der Waals surface area contributed by atoms with Crippen molar-refractivity contribution in [2.75, 3.05) is 5.73 Å².